The van der Waals surface area contributed by atoms with E-state index in [0.717, 1.165) is 23.7 Å². The number of benzene rings is 2. The highest BCUT2D eigenvalue weighted by Crippen LogP contribution is 2.38. The number of esters is 1. The molecule has 2 aromatic carbocycles. The lowest BCUT2D eigenvalue weighted by atomic mass is 10.1. The van der Waals surface area contributed by atoms with Crippen LogP contribution >= 0.6 is 0 Å². The van der Waals surface area contributed by atoms with Gasteiger partial charge in [-0.15, -0.1) is 0 Å². The molecule has 0 unspecified atom stereocenters. The van der Waals surface area contributed by atoms with Crippen molar-refractivity contribution in [2.24, 2.45) is 0 Å². The molecule has 30 heavy (non-hydrogen) atoms. The van der Waals surface area contributed by atoms with Gasteiger partial charge in [0.1, 0.15) is 0 Å². The van der Waals surface area contributed by atoms with E-state index < -0.39 is 17.5 Å². The first-order chi connectivity index (χ1) is 14.4. The summed E-state index contributed by atoms with van der Waals surface area (Å²) in [6.45, 7) is 1.48. The zero-order chi connectivity index (χ0) is 21.3. The maximum Gasteiger partial charge on any atom is 0.331 e. The third kappa shape index (κ3) is 3.69. The van der Waals surface area contributed by atoms with Crippen LogP contribution in [0.15, 0.2) is 42.5 Å². The average molecular weight is 410 g/mol. The summed E-state index contributed by atoms with van der Waals surface area (Å²) in [7, 11) is 0. The topological polar surface area (TPSA) is 108 Å². The zero-order valence-corrected chi connectivity index (χ0v) is 16.1. The van der Waals surface area contributed by atoms with Crippen molar-refractivity contribution in [3.63, 3.8) is 0 Å². The van der Waals surface area contributed by atoms with Crippen LogP contribution in [-0.2, 0) is 20.7 Å². The normalized spacial score (nSPS) is 16.6. The van der Waals surface area contributed by atoms with Gasteiger partial charge in [-0.05, 0) is 37.1 Å². The number of anilines is 1. The minimum Gasteiger partial charge on any atom is -0.454 e. The number of fused-ring (bicyclic) bond motifs is 2. The minimum absolute atomic E-state index is 0.0259. The van der Waals surface area contributed by atoms with E-state index in [0.29, 0.717) is 5.75 Å². The molecule has 154 valence electrons. The highest BCUT2D eigenvalue weighted by Gasteiger charge is 2.30. The van der Waals surface area contributed by atoms with Crippen LogP contribution in [0.2, 0.25) is 0 Å². The molecule has 0 aromatic heterocycles. The minimum atomic E-state index is -0.782. The number of para-hydroxylation sites is 1. The Bertz CT molecular complexity index is 1060. The van der Waals surface area contributed by atoms with Crippen LogP contribution in [0.25, 0.3) is 6.08 Å². The van der Waals surface area contributed by atoms with Gasteiger partial charge in [-0.3, -0.25) is 14.9 Å². The Labute approximate surface area is 171 Å². The van der Waals surface area contributed by atoms with E-state index in [1.165, 1.54) is 18.2 Å². The summed E-state index contributed by atoms with van der Waals surface area (Å²) in [5, 5.41) is 11.3. The van der Waals surface area contributed by atoms with Crippen LogP contribution < -0.4 is 14.4 Å². The Morgan fingerprint density at radius 2 is 2.00 bits per heavy atom. The number of ether oxygens (including phenoxy) is 3. The first-order valence-electron chi connectivity index (χ1n) is 9.27. The number of nitrogens with zero attached hydrogens (tertiary/aromatic N) is 2. The largest absolute Gasteiger partial charge is 0.454 e. The second-order valence-corrected chi connectivity index (χ2v) is 6.91. The Balaban J connectivity index is 1.42. The molecule has 1 amide bonds. The molecule has 0 aliphatic carbocycles. The molecule has 4 rings (SSSR count). The molecule has 2 aromatic rings. The summed E-state index contributed by atoms with van der Waals surface area (Å²) >= 11 is 0. The van der Waals surface area contributed by atoms with Crippen molar-refractivity contribution in [1.29, 1.82) is 0 Å². The second kappa shape index (κ2) is 7.86. The maximum absolute atomic E-state index is 12.6. The molecule has 2 aliphatic heterocycles. The van der Waals surface area contributed by atoms with E-state index in [4.69, 9.17) is 14.2 Å². The van der Waals surface area contributed by atoms with E-state index in [1.54, 1.807) is 4.90 Å². The number of carbonyl (C=O) groups excluding carboxylic acids is 2. The summed E-state index contributed by atoms with van der Waals surface area (Å²) in [4.78, 5) is 37.0. The van der Waals surface area contributed by atoms with Gasteiger partial charge in [0.15, 0.2) is 18.1 Å². The number of nitro benzene ring substituents is 1. The molecule has 9 heteroatoms. The van der Waals surface area contributed by atoms with Crippen LogP contribution in [0.4, 0.5) is 11.4 Å². The van der Waals surface area contributed by atoms with Crippen molar-refractivity contribution in [1.82, 2.24) is 0 Å². The van der Waals surface area contributed by atoms with Gasteiger partial charge in [0.25, 0.3) is 11.6 Å². The molecule has 0 radical (unpaired) electrons. The predicted octanol–water partition coefficient (Wildman–Crippen LogP) is 2.86. The Hall–Kier alpha value is -3.88. The smallest absolute Gasteiger partial charge is 0.331 e. The molecule has 0 saturated heterocycles. The predicted molar refractivity (Wildman–Crippen MR) is 106 cm³/mol. The number of amides is 1. The molecule has 0 N–H and O–H groups in total. The fourth-order valence-corrected chi connectivity index (χ4v) is 3.59. The number of carbonyl (C=O) groups is 2. The standard InChI is InChI=1S/C21H18N2O7/c1-13-8-14-4-2-3-5-16(14)22(13)20(24)11-28-21(25)7-6-15-9-18-19(30-12-29-18)10-17(15)23(26)27/h2-7,9-10,13H,8,11-12H2,1H3/b7-6+/t13-/m1/s1. The highest BCUT2D eigenvalue weighted by molar-refractivity contribution is 5.98. The molecule has 2 heterocycles. The summed E-state index contributed by atoms with van der Waals surface area (Å²) < 4.78 is 15.4. The summed E-state index contributed by atoms with van der Waals surface area (Å²) in [6, 6.07) is 10.2. The summed E-state index contributed by atoms with van der Waals surface area (Å²) in [5.41, 5.74) is 1.81. The van der Waals surface area contributed by atoms with Gasteiger partial charge < -0.3 is 19.1 Å². The second-order valence-electron chi connectivity index (χ2n) is 6.91. The monoisotopic (exact) mass is 410 g/mol. The third-order valence-corrected chi connectivity index (χ3v) is 4.93. The fourth-order valence-electron chi connectivity index (χ4n) is 3.59. The van der Waals surface area contributed by atoms with Gasteiger partial charge >= 0.3 is 5.97 Å². The van der Waals surface area contributed by atoms with E-state index >= 15 is 0 Å². The molecule has 1 atom stereocenters. The quantitative estimate of drug-likeness (QED) is 0.323. The maximum atomic E-state index is 12.6. The Morgan fingerprint density at radius 3 is 2.77 bits per heavy atom. The van der Waals surface area contributed by atoms with Crippen molar-refractivity contribution in [2.45, 2.75) is 19.4 Å². The molecule has 0 spiro atoms. The lowest BCUT2D eigenvalue weighted by Crippen LogP contribution is -2.38. The molecule has 0 fully saturated rings. The Morgan fingerprint density at radius 1 is 1.27 bits per heavy atom. The van der Waals surface area contributed by atoms with Crippen LogP contribution in [0, 0.1) is 10.1 Å². The van der Waals surface area contributed by atoms with Crippen molar-refractivity contribution < 1.29 is 28.7 Å². The van der Waals surface area contributed by atoms with Gasteiger partial charge in [0.05, 0.1) is 16.6 Å². The van der Waals surface area contributed by atoms with E-state index in [-0.39, 0.29) is 35.7 Å². The summed E-state index contributed by atoms with van der Waals surface area (Å²) in [5.74, 6) is -0.490. The third-order valence-electron chi connectivity index (χ3n) is 4.93. The lowest BCUT2D eigenvalue weighted by molar-refractivity contribution is -0.385. The molecule has 2 aliphatic rings. The van der Waals surface area contributed by atoms with E-state index in [1.807, 2.05) is 31.2 Å². The number of nitro groups is 1. The van der Waals surface area contributed by atoms with Gasteiger partial charge in [0.2, 0.25) is 6.79 Å². The van der Waals surface area contributed by atoms with Gasteiger partial charge in [0, 0.05) is 17.8 Å². The fraction of sp³-hybridized carbons (Fsp3) is 0.238. The van der Waals surface area contributed by atoms with Crippen LogP contribution in [0.1, 0.15) is 18.1 Å². The zero-order valence-electron chi connectivity index (χ0n) is 16.1. The highest BCUT2D eigenvalue weighted by atomic mass is 16.7. The average Bonchev–Trinajstić information content (AvgIpc) is 3.32. The number of hydrogen-bond donors (Lipinski definition) is 0. The van der Waals surface area contributed by atoms with Gasteiger partial charge in [-0.1, -0.05) is 18.2 Å². The van der Waals surface area contributed by atoms with Gasteiger partial charge in [-0.25, -0.2) is 4.79 Å². The lowest BCUT2D eigenvalue weighted by Gasteiger charge is -2.22. The van der Waals surface area contributed by atoms with E-state index in [2.05, 4.69) is 0 Å². The van der Waals surface area contributed by atoms with Crippen LogP contribution in [-0.4, -0.2) is 36.2 Å². The van der Waals surface area contributed by atoms with Crippen LogP contribution in [0.5, 0.6) is 11.5 Å². The van der Waals surface area contributed by atoms with E-state index in [9.17, 15) is 19.7 Å². The molecular weight excluding hydrogens is 392 g/mol. The molecule has 0 bridgehead atoms. The van der Waals surface area contributed by atoms with Crippen molar-refractivity contribution in [3.05, 3.63) is 63.7 Å². The van der Waals surface area contributed by atoms with Crippen LogP contribution in [0.3, 0.4) is 0 Å². The first kappa shape index (κ1) is 19.4. The molecule has 0 saturated carbocycles. The number of rotatable bonds is 5. The molecule has 9 nitrogen and oxygen atoms in total. The molecular formula is C21H18N2O7. The first-order valence-corrected chi connectivity index (χ1v) is 9.27. The number of hydrogen-bond acceptors (Lipinski definition) is 7. The summed E-state index contributed by atoms with van der Waals surface area (Å²) in [6.07, 6.45) is 3.03. The Kier molecular flexibility index (Phi) is 5.09. The van der Waals surface area contributed by atoms with Crippen molar-refractivity contribution in [3.8, 4) is 11.5 Å². The van der Waals surface area contributed by atoms with Gasteiger partial charge in [-0.2, -0.15) is 0 Å². The SMILES string of the molecule is C[C@@H]1Cc2ccccc2N1C(=O)COC(=O)/C=C/c1cc2c(cc1[N+](=O)[O-])OCO2. The van der Waals surface area contributed by atoms with Crippen molar-refractivity contribution >= 4 is 29.3 Å². The van der Waals surface area contributed by atoms with Crippen molar-refractivity contribution in [2.75, 3.05) is 18.3 Å².